The number of aromatic nitrogens is 2. The fraction of sp³-hybridized carbons (Fsp3) is 0. The molecule has 0 aliphatic heterocycles. The Morgan fingerprint density at radius 2 is 2.16 bits per heavy atom. The number of carbonyl (C=O) groups is 1. The summed E-state index contributed by atoms with van der Waals surface area (Å²) in [5.74, 6) is -0.218. The summed E-state index contributed by atoms with van der Waals surface area (Å²) in [6.45, 7) is 0. The van der Waals surface area contributed by atoms with Crippen LogP contribution in [0.3, 0.4) is 0 Å². The lowest BCUT2D eigenvalue weighted by Gasteiger charge is -2.06. The molecule has 0 bridgehead atoms. The number of anilines is 2. The fourth-order valence-electron chi connectivity index (χ4n) is 1.36. The van der Waals surface area contributed by atoms with Crippen LogP contribution in [0.15, 0.2) is 35.1 Å². The molecule has 1 aromatic carbocycles. The van der Waals surface area contributed by atoms with Gasteiger partial charge in [0.25, 0.3) is 5.91 Å². The van der Waals surface area contributed by atoms with E-state index in [4.69, 9.17) is 11.0 Å². The molecule has 0 radical (unpaired) electrons. The number of hydrogen-bond acceptors (Lipinski definition) is 5. The maximum atomic E-state index is 11.9. The van der Waals surface area contributed by atoms with E-state index in [0.29, 0.717) is 11.3 Å². The molecule has 6 nitrogen and oxygen atoms in total. The average Bonchev–Trinajstić information content (AvgIpc) is 2.41. The summed E-state index contributed by atoms with van der Waals surface area (Å²) in [5.41, 5.74) is 6.28. The number of hydrogen-bond donors (Lipinski definition) is 2. The van der Waals surface area contributed by atoms with E-state index >= 15 is 0 Å². The molecule has 2 rings (SSSR count). The van der Waals surface area contributed by atoms with Crippen molar-refractivity contribution in [2.24, 2.45) is 0 Å². The number of amides is 1. The van der Waals surface area contributed by atoms with Crippen molar-refractivity contribution in [1.82, 2.24) is 9.97 Å². The molecule has 19 heavy (non-hydrogen) atoms. The fourth-order valence-corrected chi connectivity index (χ4v) is 1.72. The number of nitrogens with two attached hydrogens (primary N) is 1. The summed E-state index contributed by atoms with van der Waals surface area (Å²) in [7, 11) is 0. The van der Waals surface area contributed by atoms with Crippen molar-refractivity contribution in [2.75, 3.05) is 11.1 Å². The molecule has 0 fully saturated rings. The van der Waals surface area contributed by atoms with Crippen LogP contribution in [0, 0.1) is 11.3 Å². The third-order valence-corrected chi connectivity index (χ3v) is 2.75. The number of nitrogens with zero attached hydrogens (tertiary/aromatic N) is 3. The van der Waals surface area contributed by atoms with Gasteiger partial charge in [-0.3, -0.25) is 4.79 Å². The van der Waals surface area contributed by atoms with Gasteiger partial charge in [-0.15, -0.1) is 0 Å². The van der Waals surface area contributed by atoms with Gasteiger partial charge in [0.1, 0.15) is 17.6 Å². The molecule has 7 heteroatoms. The van der Waals surface area contributed by atoms with Crippen molar-refractivity contribution in [3.05, 3.63) is 46.3 Å². The van der Waals surface area contributed by atoms with Gasteiger partial charge in [-0.25, -0.2) is 9.97 Å². The lowest BCUT2D eigenvalue weighted by Crippen LogP contribution is -2.15. The van der Waals surface area contributed by atoms with Gasteiger partial charge < -0.3 is 11.1 Å². The van der Waals surface area contributed by atoms with E-state index in [1.54, 1.807) is 18.2 Å². The van der Waals surface area contributed by atoms with Gasteiger partial charge in [-0.1, -0.05) is 15.9 Å². The Morgan fingerprint density at radius 3 is 2.79 bits per heavy atom. The summed E-state index contributed by atoms with van der Waals surface area (Å²) in [6.07, 6.45) is 2.57. The minimum atomic E-state index is -0.452. The van der Waals surface area contributed by atoms with E-state index in [1.165, 1.54) is 12.4 Å². The monoisotopic (exact) mass is 317 g/mol. The Labute approximate surface area is 117 Å². The summed E-state index contributed by atoms with van der Waals surface area (Å²) in [5, 5.41) is 11.6. The lowest BCUT2D eigenvalue weighted by atomic mass is 10.2. The maximum Gasteiger partial charge on any atom is 0.275 e. The molecular formula is C12H8BrN5O. The first-order valence-electron chi connectivity index (χ1n) is 5.18. The normalized spacial score (nSPS) is 9.68. The highest BCUT2D eigenvalue weighted by atomic mass is 79.9. The van der Waals surface area contributed by atoms with Gasteiger partial charge in [0.15, 0.2) is 0 Å². The second-order valence-corrected chi connectivity index (χ2v) is 4.50. The Bertz CT molecular complexity index is 663. The van der Waals surface area contributed by atoms with Crippen molar-refractivity contribution in [1.29, 1.82) is 5.26 Å². The van der Waals surface area contributed by atoms with Crippen molar-refractivity contribution >= 4 is 33.3 Å². The summed E-state index contributed by atoms with van der Waals surface area (Å²) in [4.78, 5) is 19.5. The molecule has 0 aliphatic rings. The SMILES string of the molecule is N#Cc1cc(Br)ccc1NC(=O)c1cnc(N)cn1. The van der Waals surface area contributed by atoms with Crippen LogP contribution in [0.1, 0.15) is 16.1 Å². The lowest BCUT2D eigenvalue weighted by molar-refractivity contribution is 0.102. The van der Waals surface area contributed by atoms with E-state index in [0.717, 1.165) is 4.47 Å². The Balaban J connectivity index is 2.24. The smallest absolute Gasteiger partial charge is 0.275 e. The second-order valence-electron chi connectivity index (χ2n) is 3.58. The number of benzene rings is 1. The van der Waals surface area contributed by atoms with Crippen molar-refractivity contribution < 1.29 is 4.79 Å². The van der Waals surface area contributed by atoms with Crippen LogP contribution in [-0.2, 0) is 0 Å². The third kappa shape index (κ3) is 3.05. The van der Waals surface area contributed by atoms with Gasteiger partial charge in [0, 0.05) is 4.47 Å². The molecule has 0 saturated carbocycles. The number of halogens is 1. The highest BCUT2D eigenvalue weighted by Gasteiger charge is 2.11. The van der Waals surface area contributed by atoms with Crippen molar-refractivity contribution in [3.8, 4) is 6.07 Å². The zero-order chi connectivity index (χ0) is 13.8. The molecule has 0 unspecified atom stereocenters. The van der Waals surface area contributed by atoms with E-state index in [1.807, 2.05) is 6.07 Å². The van der Waals surface area contributed by atoms with Crippen LogP contribution >= 0.6 is 15.9 Å². The van der Waals surface area contributed by atoms with E-state index in [9.17, 15) is 4.79 Å². The van der Waals surface area contributed by atoms with Gasteiger partial charge in [0.05, 0.1) is 23.6 Å². The second kappa shape index (κ2) is 5.46. The Kier molecular flexibility index (Phi) is 3.73. The number of nitrogens with one attached hydrogen (secondary N) is 1. The van der Waals surface area contributed by atoms with Gasteiger partial charge in [-0.05, 0) is 18.2 Å². The van der Waals surface area contributed by atoms with Gasteiger partial charge in [0.2, 0.25) is 0 Å². The minimum absolute atomic E-state index is 0.126. The molecule has 94 valence electrons. The number of carbonyl (C=O) groups excluding carboxylic acids is 1. The van der Waals surface area contributed by atoms with E-state index < -0.39 is 5.91 Å². The molecule has 0 saturated heterocycles. The number of nitrogen functional groups attached to an aromatic ring is 1. The summed E-state index contributed by atoms with van der Waals surface area (Å²) < 4.78 is 0.759. The first-order chi connectivity index (χ1) is 9.10. The average molecular weight is 318 g/mol. The van der Waals surface area contributed by atoms with Crippen molar-refractivity contribution in [2.45, 2.75) is 0 Å². The minimum Gasteiger partial charge on any atom is -0.382 e. The van der Waals surface area contributed by atoms with Crippen LogP contribution in [0.5, 0.6) is 0 Å². The third-order valence-electron chi connectivity index (χ3n) is 2.25. The predicted octanol–water partition coefficient (Wildman–Crippen LogP) is 1.95. The standard InChI is InChI=1S/C12H8BrN5O/c13-8-1-2-9(7(3-8)4-14)18-12(19)10-5-17-11(15)6-16-10/h1-3,5-6H,(H2,15,17)(H,18,19). The van der Waals surface area contributed by atoms with Crippen LogP contribution in [0.2, 0.25) is 0 Å². The van der Waals surface area contributed by atoms with Crippen LogP contribution in [-0.4, -0.2) is 15.9 Å². The zero-order valence-corrected chi connectivity index (χ0v) is 11.2. The molecule has 1 heterocycles. The molecule has 2 aromatic rings. The predicted molar refractivity (Wildman–Crippen MR) is 73.3 cm³/mol. The number of nitriles is 1. The number of rotatable bonds is 2. The highest BCUT2D eigenvalue weighted by molar-refractivity contribution is 9.10. The van der Waals surface area contributed by atoms with Crippen LogP contribution < -0.4 is 11.1 Å². The quantitative estimate of drug-likeness (QED) is 0.880. The molecule has 0 spiro atoms. The molecule has 3 N–H and O–H groups in total. The van der Waals surface area contributed by atoms with Gasteiger partial charge in [-0.2, -0.15) is 5.26 Å². The van der Waals surface area contributed by atoms with E-state index in [2.05, 4.69) is 31.2 Å². The molecule has 1 amide bonds. The molecule has 0 aliphatic carbocycles. The molecular weight excluding hydrogens is 310 g/mol. The van der Waals surface area contributed by atoms with Crippen LogP contribution in [0.25, 0.3) is 0 Å². The summed E-state index contributed by atoms with van der Waals surface area (Å²) in [6, 6.07) is 6.97. The largest absolute Gasteiger partial charge is 0.382 e. The Morgan fingerprint density at radius 1 is 1.37 bits per heavy atom. The van der Waals surface area contributed by atoms with Gasteiger partial charge >= 0.3 is 0 Å². The maximum absolute atomic E-state index is 11.9. The Hall–Kier alpha value is -2.46. The van der Waals surface area contributed by atoms with Crippen molar-refractivity contribution in [3.63, 3.8) is 0 Å². The molecule has 1 aromatic heterocycles. The first kappa shape index (κ1) is 13.0. The first-order valence-corrected chi connectivity index (χ1v) is 5.98. The van der Waals surface area contributed by atoms with E-state index in [-0.39, 0.29) is 11.5 Å². The van der Waals surface area contributed by atoms with Crippen LogP contribution in [0.4, 0.5) is 11.5 Å². The highest BCUT2D eigenvalue weighted by Crippen LogP contribution is 2.20. The topological polar surface area (TPSA) is 105 Å². The molecule has 0 atom stereocenters. The zero-order valence-electron chi connectivity index (χ0n) is 9.59. The summed E-state index contributed by atoms with van der Waals surface area (Å²) >= 11 is 3.26.